The Labute approximate surface area is 249 Å². The number of anilines is 1. The Bertz CT molecular complexity index is 1650. The summed E-state index contributed by atoms with van der Waals surface area (Å²) >= 11 is 1.11. The molecule has 0 atom stereocenters. The number of aliphatic imine (C=N–C) groups is 1. The number of hydrogen-bond acceptors (Lipinski definition) is 6. The summed E-state index contributed by atoms with van der Waals surface area (Å²) in [6, 6.07) is 19.9. The van der Waals surface area contributed by atoms with Gasteiger partial charge in [-0.05, 0) is 59.9 Å². The van der Waals surface area contributed by atoms with Gasteiger partial charge in [0.25, 0.3) is 5.24 Å². The van der Waals surface area contributed by atoms with Crippen molar-refractivity contribution in [3.8, 4) is 22.8 Å². The second kappa shape index (κ2) is 12.7. The van der Waals surface area contributed by atoms with Gasteiger partial charge in [-0.3, -0.25) is 9.69 Å². The quantitative estimate of drug-likeness (QED) is 0.232. The second-order valence-corrected chi connectivity index (χ2v) is 10.8. The van der Waals surface area contributed by atoms with Gasteiger partial charge in [0.1, 0.15) is 17.9 Å². The van der Waals surface area contributed by atoms with Crippen molar-refractivity contribution in [1.82, 2.24) is 20.1 Å². The lowest BCUT2D eigenvalue weighted by atomic mass is 10.0. The van der Waals surface area contributed by atoms with Crippen molar-refractivity contribution in [1.29, 1.82) is 0 Å². The fourth-order valence-electron chi connectivity index (χ4n) is 4.52. The number of benzene rings is 3. The number of thioether (sulfide) groups is 1. The molecule has 1 N–H and O–H groups in total. The van der Waals surface area contributed by atoms with E-state index < -0.39 is 12.4 Å². The van der Waals surface area contributed by atoms with E-state index in [1.807, 2.05) is 62.4 Å². The molecule has 1 saturated heterocycles. The average molecular weight is 609 g/mol. The molecule has 3 amide bonds. The van der Waals surface area contributed by atoms with E-state index in [1.54, 1.807) is 0 Å². The number of para-hydroxylation sites is 1. The molecule has 3 aromatic carbocycles. The topological polar surface area (TPSA) is 102 Å². The number of hydrogen-bond donors (Lipinski definition) is 1. The van der Waals surface area contributed by atoms with Crippen LogP contribution in [0.1, 0.15) is 30.9 Å². The zero-order chi connectivity index (χ0) is 30.6. The molecule has 1 aliphatic rings. The lowest BCUT2D eigenvalue weighted by Gasteiger charge is -2.21. The predicted molar refractivity (Wildman–Crippen MR) is 159 cm³/mol. The van der Waals surface area contributed by atoms with Gasteiger partial charge >= 0.3 is 12.4 Å². The minimum absolute atomic E-state index is 0.167. The molecule has 0 unspecified atom stereocenters. The molecule has 0 spiro atoms. The average Bonchev–Trinajstić information content (AvgIpc) is 3.60. The summed E-state index contributed by atoms with van der Waals surface area (Å²) in [5.74, 6) is 1.00. The number of carbonyl (C=O) groups is 2. The molecule has 13 heteroatoms. The number of aromatic nitrogens is 3. The Hall–Kier alpha value is -4.65. The fourth-order valence-corrected chi connectivity index (χ4v) is 5.30. The normalized spacial score (nSPS) is 14.5. The first kappa shape index (κ1) is 29.8. The summed E-state index contributed by atoms with van der Waals surface area (Å²) in [6.45, 7) is 4.41. The Morgan fingerprint density at radius 1 is 1.09 bits per heavy atom. The summed E-state index contributed by atoms with van der Waals surface area (Å²) in [5, 5.41) is 7.07. The Morgan fingerprint density at radius 3 is 2.60 bits per heavy atom. The number of ether oxygens (including phenoxy) is 1. The Morgan fingerprint density at radius 2 is 1.86 bits per heavy atom. The molecular formula is C30H27F3N6O3S. The van der Waals surface area contributed by atoms with Crippen LogP contribution in [0.2, 0.25) is 0 Å². The lowest BCUT2D eigenvalue weighted by molar-refractivity contribution is -0.274. The van der Waals surface area contributed by atoms with Crippen LogP contribution in [-0.4, -0.2) is 50.5 Å². The van der Waals surface area contributed by atoms with Crippen LogP contribution in [0, 0.1) is 0 Å². The molecule has 43 heavy (non-hydrogen) atoms. The largest absolute Gasteiger partial charge is 0.573 e. The number of rotatable bonds is 8. The van der Waals surface area contributed by atoms with Crippen LogP contribution in [0.25, 0.3) is 17.1 Å². The third-order valence-corrected chi connectivity index (χ3v) is 7.33. The maximum atomic E-state index is 12.7. The van der Waals surface area contributed by atoms with Crippen LogP contribution in [0.15, 0.2) is 84.1 Å². The molecule has 222 valence electrons. The van der Waals surface area contributed by atoms with Crippen molar-refractivity contribution in [2.24, 2.45) is 4.99 Å². The molecule has 1 aliphatic heterocycles. The number of nitrogens with zero attached hydrogens (tertiary/aromatic N) is 5. The van der Waals surface area contributed by atoms with Crippen LogP contribution >= 0.6 is 11.8 Å². The molecular weight excluding hydrogens is 581 g/mol. The van der Waals surface area contributed by atoms with E-state index in [2.05, 4.69) is 25.1 Å². The van der Waals surface area contributed by atoms with Crippen molar-refractivity contribution >= 4 is 34.6 Å². The highest BCUT2D eigenvalue weighted by molar-refractivity contribution is 8.15. The molecule has 2 heterocycles. The van der Waals surface area contributed by atoms with Gasteiger partial charge in [0.15, 0.2) is 5.82 Å². The second-order valence-electron chi connectivity index (χ2n) is 9.87. The van der Waals surface area contributed by atoms with Gasteiger partial charge in [-0.1, -0.05) is 62.0 Å². The summed E-state index contributed by atoms with van der Waals surface area (Å²) < 4.78 is 42.6. The first-order chi connectivity index (χ1) is 20.6. The molecule has 1 aromatic heterocycles. The van der Waals surface area contributed by atoms with Crippen LogP contribution < -0.4 is 15.0 Å². The number of halogens is 3. The molecule has 1 fully saturated rings. The van der Waals surface area contributed by atoms with Gasteiger partial charge in [-0.25, -0.2) is 14.5 Å². The monoisotopic (exact) mass is 608 g/mol. The third kappa shape index (κ3) is 7.41. The van der Waals surface area contributed by atoms with E-state index in [-0.39, 0.29) is 16.9 Å². The minimum Gasteiger partial charge on any atom is -0.406 e. The summed E-state index contributed by atoms with van der Waals surface area (Å²) in [5.41, 5.74) is 3.91. The highest BCUT2D eigenvalue weighted by Gasteiger charge is 2.32. The summed E-state index contributed by atoms with van der Waals surface area (Å²) in [7, 11) is 0. The van der Waals surface area contributed by atoms with Crippen molar-refractivity contribution in [3.63, 3.8) is 0 Å². The molecule has 0 aliphatic carbocycles. The third-order valence-electron chi connectivity index (χ3n) is 6.50. The number of alkyl halides is 3. The molecule has 0 bridgehead atoms. The van der Waals surface area contributed by atoms with E-state index in [1.165, 1.54) is 40.2 Å². The molecule has 0 saturated carbocycles. The van der Waals surface area contributed by atoms with E-state index >= 15 is 0 Å². The van der Waals surface area contributed by atoms with Crippen LogP contribution in [-0.2, 0) is 6.42 Å². The van der Waals surface area contributed by atoms with Crippen LogP contribution in [0.3, 0.4) is 0 Å². The highest BCUT2D eigenvalue weighted by atomic mass is 32.2. The predicted octanol–water partition coefficient (Wildman–Crippen LogP) is 6.98. The van der Waals surface area contributed by atoms with E-state index in [0.29, 0.717) is 36.1 Å². The van der Waals surface area contributed by atoms with Gasteiger partial charge in [-0.15, -0.1) is 18.3 Å². The number of nitrogens with one attached hydrogen (secondary N) is 1. The number of amidine groups is 1. The number of urea groups is 1. The van der Waals surface area contributed by atoms with E-state index in [9.17, 15) is 22.8 Å². The minimum atomic E-state index is -4.76. The van der Waals surface area contributed by atoms with Crippen molar-refractivity contribution in [2.45, 2.75) is 32.5 Å². The molecule has 4 aromatic rings. The zero-order valence-electron chi connectivity index (χ0n) is 23.2. The number of amides is 3. The van der Waals surface area contributed by atoms with Crippen molar-refractivity contribution in [2.75, 3.05) is 17.2 Å². The first-order valence-corrected chi connectivity index (χ1v) is 14.3. The number of carbonyl (C=O) groups excluding carboxylic acids is 2. The Balaban J connectivity index is 1.20. The van der Waals surface area contributed by atoms with Crippen molar-refractivity contribution in [3.05, 3.63) is 90.3 Å². The summed E-state index contributed by atoms with van der Waals surface area (Å²) in [6.07, 6.45) is -2.78. The molecule has 9 nitrogen and oxygen atoms in total. The van der Waals surface area contributed by atoms with E-state index in [4.69, 9.17) is 0 Å². The maximum absolute atomic E-state index is 12.7. The standard InChI is InChI=1S/C30H27F3N6O3S/c1-19(2)24-8-3-4-9-25(24)39-26(17-43-29(39)41)36-28(40)34-15-14-20-6-5-7-21(16-20)27-35-18-38(37-27)22-10-12-23(13-11-22)42-30(31,32)33/h3-13,16,18-19H,14-15,17H2,1-2H3,(H,34,40). The van der Waals surface area contributed by atoms with Crippen molar-refractivity contribution < 1.29 is 27.5 Å². The Kier molecular flexibility index (Phi) is 8.81. The highest BCUT2D eigenvalue weighted by Crippen LogP contribution is 2.33. The first-order valence-electron chi connectivity index (χ1n) is 13.4. The molecule has 5 rings (SSSR count). The van der Waals surface area contributed by atoms with E-state index in [0.717, 1.165) is 34.1 Å². The summed E-state index contributed by atoms with van der Waals surface area (Å²) in [4.78, 5) is 35.4. The SMILES string of the molecule is CC(C)c1ccccc1N1C(=O)SCC1=NC(=O)NCCc1cccc(-c2ncn(-c3ccc(OC(F)(F)F)cc3)n2)c1. The van der Waals surface area contributed by atoms with Gasteiger partial charge in [0.2, 0.25) is 0 Å². The smallest absolute Gasteiger partial charge is 0.406 e. The van der Waals surface area contributed by atoms with Gasteiger partial charge < -0.3 is 10.1 Å². The lowest BCUT2D eigenvalue weighted by Crippen LogP contribution is -2.32. The van der Waals surface area contributed by atoms with Gasteiger partial charge in [-0.2, -0.15) is 4.99 Å². The molecule has 0 radical (unpaired) electrons. The van der Waals surface area contributed by atoms with Crippen LogP contribution in [0.4, 0.5) is 28.4 Å². The van der Waals surface area contributed by atoms with Crippen LogP contribution in [0.5, 0.6) is 5.75 Å². The van der Waals surface area contributed by atoms with Gasteiger partial charge in [0, 0.05) is 12.1 Å². The zero-order valence-corrected chi connectivity index (χ0v) is 24.0. The van der Waals surface area contributed by atoms with Gasteiger partial charge in [0.05, 0.1) is 17.1 Å². The fraction of sp³-hybridized carbons (Fsp3) is 0.233. The maximum Gasteiger partial charge on any atom is 0.573 e.